The summed E-state index contributed by atoms with van der Waals surface area (Å²) in [6.45, 7) is 0. The van der Waals surface area contributed by atoms with Crippen molar-refractivity contribution in [2.24, 2.45) is 0 Å². The predicted octanol–water partition coefficient (Wildman–Crippen LogP) is 2.88. The molecule has 17 heavy (non-hydrogen) atoms. The average molecular weight is 226 g/mol. The lowest BCUT2D eigenvalue weighted by Crippen LogP contribution is -2.05. The molecule has 86 valence electrons. The van der Waals surface area contributed by atoms with Crippen LogP contribution in [-0.2, 0) is 0 Å². The molecule has 2 heterocycles. The fourth-order valence-electron chi connectivity index (χ4n) is 2.59. The summed E-state index contributed by atoms with van der Waals surface area (Å²) in [7, 11) is 0. The van der Waals surface area contributed by atoms with Crippen molar-refractivity contribution in [3.05, 3.63) is 23.7 Å². The zero-order chi connectivity index (χ0) is 11.7. The molecule has 4 nitrogen and oxygen atoms in total. The number of pyridine rings is 1. The summed E-state index contributed by atoms with van der Waals surface area (Å²) in [5, 5.41) is 9.03. The molecule has 1 aliphatic carbocycles. The molecule has 1 N–H and O–H groups in total. The summed E-state index contributed by atoms with van der Waals surface area (Å²) in [5.41, 5.74) is 2.09. The number of rotatable bonds is 1. The van der Waals surface area contributed by atoms with E-state index in [-0.39, 0.29) is 0 Å². The van der Waals surface area contributed by atoms with E-state index >= 15 is 0 Å². The van der Waals surface area contributed by atoms with Crippen LogP contribution in [0.25, 0.3) is 11.2 Å². The van der Waals surface area contributed by atoms with Crippen LogP contribution in [0, 0.1) is 11.3 Å². The fourth-order valence-corrected chi connectivity index (χ4v) is 2.59. The minimum absolute atomic E-state index is 0.518. The number of nitriles is 1. The van der Waals surface area contributed by atoms with E-state index in [1.807, 2.05) is 0 Å². The lowest BCUT2D eigenvalue weighted by atomic mass is 9.89. The number of imidazole rings is 1. The van der Waals surface area contributed by atoms with Crippen molar-refractivity contribution in [3.8, 4) is 6.07 Å². The second-order valence-corrected chi connectivity index (χ2v) is 4.63. The van der Waals surface area contributed by atoms with Gasteiger partial charge in [-0.1, -0.05) is 19.3 Å². The highest BCUT2D eigenvalue weighted by molar-refractivity contribution is 5.77. The second kappa shape index (κ2) is 4.17. The molecule has 2 aromatic heterocycles. The highest BCUT2D eigenvalue weighted by Gasteiger charge is 2.19. The van der Waals surface area contributed by atoms with Crippen LogP contribution in [0.3, 0.4) is 0 Å². The first-order valence-corrected chi connectivity index (χ1v) is 6.13. The van der Waals surface area contributed by atoms with Crippen molar-refractivity contribution >= 4 is 11.2 Å². The summed E-state index contributed by atoms with van der Waals surface area (Å²) >= 11 is 0. The molecular formula is C13H14N4. The van der Waals surface area contributed by atoms with Crippen molar-refractivity contribution in [1.82, 2.24) is 15.0 Å². The quantitative estimate of drug-likeness (QED) is 0.813. The topological polar surface area (TPSA) is 65.4 Å². The number of H-pyrrole nitrogens is 1. The van der Waals surface area contributed by atoms with Crippen LogP contribution in [0.4, 0.5) is 0 Å². The number of aromatic amines is 1. The van der Waals surface area contributed by atoms with Gasteiger partial charge >= 0.3 is 0 Å². The number of hydrogen-bond donors (Lipinski definition) is 1. The van der Waals surface area contributed by atoms with Crippen molar-refractivity contribution in [2.75, 3.05) is 0 Å². The van der Waals surface area contributed by atoms with E-state index in [0.717, 1.165) is 11.3 Å². The third-order valence-electron chi connectivity index (χ3n) is 3.52. The van der Waals surface area contributed by atoms with Crippen LogP contribution in [-0.4, -0.2) is 15.0 Å². The highest BCUT2D eigenvalue weighted by atomic mass is 15.0. The van der Waals surface area contributed by atoms with E-state index in [0.29, 0.717) is 17.1 Å². The Morgan fingerprint density at radius 3 is 2.88 bits per heavy atom. The lowest BCUT2D eigenvalue weighted by Gasteiger charge is -2.18. The first-order valence-electron chi connectivity index (χ1n) is 6.13. The van der Waals surface area contributed by atoms with E-state index < -0.39 is 0 Å². The van der Waals surface area contributed by atoms with Crippen molar-refractivity contribution in [1.29, 1.82) is 5.26 Å². The van der Waals surface area contributed by atoms with Crippen molar-refractivity contribution in [2.45, 2.75) is 38.0 Å². The number of aromatic nitrogens is 3. The molecule has 3 rings (SSSR count). The van der Waals surface area contributed by atoms with Gasteiger partial charge in [0, 0.05) is 12.1 Å². The Balaban J connectivity index is 2.04. The molecule has 1 saturated carbocycles. The van der Waals surface area contributed by atoms with E-state index in [2.05, 4.69) is 21.0 Å². The lowest BCUT2D eigenvalue weighted by molar-refractivity contribution is 0.431. The molecule has 0 aliphatic heterocycles. The maximum absolute atomic E-state index is 9.03. The van der Waals surface area contributed by atoms with E-state index in [9.17, 15) is 0 Å². The molecule has 0 unspecified atom stereocenters. The molecule has 0 saturated heterocycles. The Morgan fingerprint density at radius 2 is 2.12 bits per heavy atom. The normalized spacial score (nSPS) is 17.1. The first kappa shape index (κ1) is 10.3. The van der Waals surface area contributed by atoms with Crippen LogP contribution < -0.4 is 0 Å². The summed E-state index contributed by atoms with van der Waals surface area (Å²) in [4.78, 5) is 12.0. The molecule has 0 atom stereocenters. The van der Waals surface area contributed by atoms with E-state index in [1.54, 1.807) is 12.3 Å². The predicted molar refractivity (Wildman–Crippen MR) is 64.4 cm³/mol. The van der Waals surface area contributed by atoms with Crippen LogP contribution in [0.1, 0.15) is 49.4 Å². The summed E-state index contributed by atoms with van der Waals surface area (Å²) in [6.07, 6.45) is 7.93. The minimum Gasteiger partial charge on any atom is -0.339 e. The van der Waals surface area contributed by atoms with Gasteiger partial charge in [0.05, 0.1) is 5.56 Å². The van der Waals surface area contributed by atoms with Gasteiger partial charge in [-0.15, -0.1) is 0 Å². The van der Waals surface area contributed by atoms with Crippen LogP contribution >= 0.6 is 0 Å². The van der Waals surface area contributed by atoms with Crippen molar-refractivity contribution < 1.29 is 0 Å². The summed E-state index contributed by atoms with van der Waals surface area (Å²) < 4.78 is 0. The second-order valence-electron chi connectivity index (χ2n) is 4.63. The number of hydrogen-bond acceptors (Lipinski definition) is 3. The van der Waals surface area contributed by atoms with Gasteiger partial charge in [-0.3, -0.25) is 0 Å². The monoisotopic (exact) mass is 226 g/mol. The van der Waals surface area contributed by atoms with Crippen LogP contribution in [0.15, 0.2) is 12.3 Å². The van der Waals surface area contributed by atoms with E-state index in [4.69, 9.17) is 5.26 Å². The molecule has 0 spiro atoms. The SMILES string of the molecule is N#Cc1ccnc2nc(C3CCCCC3)[nH]c12. The Bertz CT molecular complexity index is 573. The molecule has 1 aliphatic rings. The van der Waals surface area contributed by atoms with E-state index in [1.165, 1.54) is 32.1 Å². The maximum Gasteiger partial charge on any atom is 0.179 e. The largest absolute Gasteiger partial charge is 0.339 e. The number of nitrogens with one attached hydrogen (secondary N) is 1. The number of fused-ring (bicyclic) bond motifs is 1. The number of nitrogens with zero attached hydrogens (tertiary/aromatic N) is 3. The third kappa shape index (κ3) is 1.78. The van der Waals surface area contributed by atoms with Gasteiger partial charge < -0.3 is 4.98 Å². The minimum atomic E-state index is 0.518. The van der Waals surface area contributed by atoms with Crippen LogP contribution in [0.2, 0.25) is 0 Å². The fraction of sp³-hybridized carbons (Fsp3) is 0.462. The first-order chi connectivity index (χ1) is 8.38. The maximum atomic E-state index is 9.03. The molecule has 4 heteroatoms. The van der Waals surface area contributed by atoms with Gasteiger partial charge in [0.1, 0.15) is 17.4 Å². The zero-order valence-electron chi connectivity index (χ0n) is 9.61. The van der Waals surface area contributed by atoms with Gasteiger partial charge in [0.25, 0.3) is 0 Å². The summed E-state index contributed by atoms with van der Waals surface area (Å²) in [5.74, 6) is 1.53. The van der Waals surface area contributed by atoms with Crippen LogP contribution in [0.5, 0.6) is 0 Å². The molecular weight excluding hydrogens is 212 g/mol. The van der Waals surface area contributed by atoms with Gasteiger partial charge in [-0.2, -0.15) is 5.26 Å². The Morgan fingerprint density at radius 1 is 1.29 bits per heavy atom. The Hall–Kier alpha value is -1.89. The molecule has 2 aromatic rings. The van der Waals surface area contributed by atoms with Crippen molar-refractivity contribution in [3.63, 3.8) is 0 Å². The molecule has 0 aromatic carbocycles. The van der Waals surface area contributed by atoms with Gasteiger partial charge in [0.15, 0.2) is 5.65 Å². The molecule has 1 fully saturated rings. The van der Waals surface area contributed by atoms with Gasteiger partial charge in [-0.05, 0) is 18.9 Å². The average Bonchev–Trinajstić information content (AvgIpc) is 2.83. The Labute approximate surface area is 99.7 Å². The molecule has 0 amide bonds. The standard InChI is InChI=1S/C13H14N4/c14-8-10-6-7-15-13-11(10)16-12(17-13)9-4-2-1-3-5-9/h6-7,9H,1-5H2,(H,15,16,17). The van der Waals surface area contributed by atoms with Gasteiger partial charge in [-0.25, -0.2) is 9.97 Å². The molecule has 0 bridgehead atoms. The smallest absolute Gasteiger partial charge is 0.179 e. The Kier molecular flexibility index (Phi) is 2.52. The highest BCUT2D eigenvalue weighted by Crippen LogP contribution is 2.31. The zero-order valence-corrected chi connectivity index (χ0v) is 9.61. The molecule has 0 radical (unpaired) electrons. The third-order valence-corrected chi connectivity index (χ3v) is 3.52. The summed E-state index contributed by atoms with van der Waals surface area (Å²) in [6, 6.07) is 3.90. The van der Waals surface area contributed by atoms with Gasteiger partial charge in [0.2, 0.25) is 0 Å².